The zero-order chi connectivity index (χ0) is 29.9. The van der Waals surface area contributed by atoms with Gasteiger partial charge in [0, 0.05) is 34.5 Å². The molecule has 0 aliphatic rings. The smallest absolute Gasteiger partial charge is 0.0963 e. The Balaban J connectivity index is 1.24. The lowest BCUT2D eigenvalue weighted by Crippen LogP contribution is -1.98. The Labute approximate surface area is 255 Å². The molecule has 0 amide bonds. The van der Waals surface area contributed by atoms with Gasteiger partial charge in [0.15, 0.2) is 0 Å². The Morgan fingerprint density at radius 1 is 0.523 bits per heavy atom. The van der Waals surface area contributed by atoms with E-state index in [1.807, 2.05) is 36.7 Å². The normalized spacial score (nSPS) is 11.6. The van der Waals surface area contributed by atoms with Crippen molar-refractivity contribution in [3.63, 3.8) is 0 Å². The molecule has 4 heterocycles. The number of pyridine rings is 2. The van der Waals surface area contributed by atoms with Crippen LogP contribution < -0.4 is 0 Å². The van der Waals surface area contributed by atoms with Crippen molar-refractivity contribution in [2.24, 2.45) is 0 Å². The van der Waals surface area contributed by atoms with E-state index in [2.05, 4.69) is 121 Å². The highest BCUT2D eigenvalue weighted by atomic mass is 15.0. The molecule has 0 aliphatic carbocycles. The highest BCUT2D eigenvalue weighted by Crippen LogP contribution is 2.36. The lowest BCUT2D eigenvalue weighted by Gasteiger charge is -2.15. The summed E-state index contributed by atoms with van der Waals surface area (Å²) in [7, 11) is 0. The second-order valence-corrected chi connectivity index (χ2v) is 11.4. The molecule has 8 rings (SSSR count). The van der Waals surface area contributed by atoms with Crippen LogP contribution in [0.2, 0.25) is 0 Å². The molecule has 0 atom stereocenters. The van der Waals surface area contributed by atoms with E-state index in [1.165, 1.54) is 22.3 Å². The SMILES string of the molecule is C=Cc1ccc2c(c1)c1ncccc1n2-c1ccc(-c2ccc(-n3c4ccc(C=C)cc4c4ncccc43)cc2C)c(C)c1. The predicted molar refractivity (Wildman–Crippen MR) is 186 cm³/mol. The average Bonchev–Trinajstić information content (AvgIpc) is 3.57. The molecule has 0 aliphatic heterocycles. The highest BCUT2D eigenvalue weighted by Gasteiger charge is 2.17. The van der Waals surface area contributed by atoms with Crippen LogP contribution >= 0.6 is 0 Å². The van der Waals surface area contributed by atoms with E-state index in [4.69, 9.17) is 9.97 Å². The van der Waals surface area contributed by atoms with Gasteiger partial charge in [-0.1, -0.05) is 49.6 Å². The Morgan fingerprint density at radius 3 is 1.39 bits per heavy atom. The summed E-state index contributed by atoms with van der Waals surface area (Å²) in [5.74, 6) is 0. The van der Waals surface area contributed by atoms with Crippen molar-refractivity contribution in [3.8, 4) is 22.5 Å². The van der Waals surface area contributed by atoms with Crippen molar-refractivity contribution < 1.29 is 0 Å². The van der Waals surface area contributed by atoms with E-state index in [9.17, 15) is 0 Å². The number of rotatable bonds is 5. The van der Waals surface area contributed by atoms with Gasteiger partial charge in [-0.15, -0.1) is 0 Å². The summed E-state index contributed by atoms with van der Waals surface area (Å²) in [4.78, 5) is 9.48. The summed E-state index contributed by atoms with van der Waals surface area (Å²) < 4.78 is 4.62. The van der Waals surface area contributed by atoms with Gasteiger partial charge >= 0.3 is 0 Å². The zero-order valence-corrected chi connectivity index (χ0v) is 24.8. The summed E-state index contributed by atoms with van der Waals surface area (Å²) in [6, 6.07) is 34.7. The van der Waals surface area contributed by atoms with Crippen LogP contribution in [0, 0.1) is 13.8 Å². The molecule has 210 valence electrons. The topological polar surface area (TPSA) is 35.6 Å². The minimum Gasteiger partial charge on any atom is -0.308 e. The van der Waals surface area contributed by atoms with E-state index >= 15 is 0 Å². The molecule has 4 aromatic heterocycles. The van der Waals surface area contributed by atoms with E-state index < -0.39 is 0 Å². The van der Waals surface area contributed by atoms with Gasteiger partial charge in [-0.2, -0.15) is 0 Å². The lowest BCUT2D eigenvalue weighted by atomic mass is 9.95. The van der Waals surface area contributed by atoms with E-state index in [0.29, 0.717) is 0 Å². The molecule has 0 spiro atoms. The summed E-state index contributed by atoms with van der Waals surface area (Å²) in [6.07, 6.45) is 7.49. The van der Waals surface area contributed by atoms with Crippen LogP contribution in [0.3, 0.4) is 0 Å². The first-order valence-electron chi connectivity index (χ1n) is 14.8. The Hall–Kier alpha value is -5.74. The first-order chi connectivity index (χ1) is 21.6. The molecule has 0 saturated carbocycles. The van der Waals surface area contributed by atoms with Gasteiger partial charge in [-0.05, 0) is 120 Å². The number of hydrogen-bond donors (Lipinski definition) is 0. The maximum Gasteiger partial charge on any atom is 0.0963 e. The fourth-order valence-corrected chi connectivity index (χ4v) is 6.69. The molecule has 0 fully saturated rings. The summed E-state index contributed by atoms with van der Waals surface area (Å²) in [6.45, 7) is 12.3. The molecule has 44 heavy (non-hydrogen) atoms. The number of aryl methyl sites for hydroxylation is 2. The van der Waals surface area contributed by atoms with Crippen molar-refractivity contribution >= 4 is 56.0 Å². The van der Waals surface area contributed by atoms with Crippen LogP contribution in [0.5, 0.6) is 0 Å². The van der Waals surface area contributed by atoms with E-state index in [1.54, 1.807) is 0 Å². The second kappa shape index (κ2) is 9.92. The van der Waals surface area contributed by atoms with Gasteiger partial charge in [-0.25, -0.2) is 0 Å². The molecular formula is C40H30N4. The Bertz CT molecular complexity index is 2280. The Kier molecular flexibility index (Phi) is 5.85. The number of nitrogens with zero attached hydrogens (tertiary/aromatic N) is 4. The summed E-state index contributed by atoms with van der Waals surface area (Å²) in [5, 5.41) is 2.26. The molecule has 4 nitrogen and oxygen atoms in total. The third kappa shape index (κ3) is 3.85. The third-order valence-electron chi connectivity index (χ3n) is 8.79. The maximum absolute atomic E-state index is 4.74. The van der Waals surface area contributed by atoms with E-state index in [0.717, 1.165) is 66.4 Å². The van der Waals surface area contributed by atoms with Gasteiger partial charge in [0.2, 0.25) is 0 Å². The number of aromatic nitrogens is 4. The molecule has 4 heteroatoms. The fraction of sp³-hybridized carbons (Fsp3) is 0.0500. The van der Waals surface area contributed by atoms with Gasteiger partial charge in [0.05, 0.1) is 33.1 Å². The molecule has 0 unspecified atom stereocenters. The molecule has 0 radical (unpaired) electrons. The van der Waals surface area contributed by atoms with Crippen LogP contribution in [-0.4, -0.2) is 19.1 Å². The van der Waals surface area contributed by atoms with Gasteiger partial charge in [0.25, 0.3) is 0 Å². The molecule has 0 saturated heterocycles. The van der Waals surface area contributed by atoms with Crippen molar-refractivity contribution in [2.75, 3.05) is 0 Å². The van der Waals surface area contributed by atoms with Crippen LogP contribution in [-0.2, 0) is 0 Å². The van der Waals surface area contributed by atoms with Crippen molar-refractivity contribution in [1.29, 1.82) is 0 Å². The summed E-state index contributed by atoms with van der Waals surface area (Å²) in [5.41, 5.74) is 15.8. The van der Waals surface area contributed by atoms with Gasteiger partial charge < -0.3 is 9.13 Å². The molecule has 0 N–H and O–H groups in total. The Morgan fingerprint density at radius 2 is 0.977 bits per heavy atom. The molecule has 8 aromatic rings. The van der Waals surface area contributed by atoms with Crippen LogP contribution in [0.25, 0.3) is 78.5 Å². The van der Waals surface area contributed by atoms with Crippen LogP contribution in [0.1, 0.15) is 22.3 Å². The number of benzene rings is 4. The van der Waals surface area contributed by atoms with Gasteiger partial charge in [-0.3, -0.25) is 9.97 Å². The van der Waals surface area contributed by atoms with Gasteiger partial charge in [0.1, 0.15) is 0 Å². The first-order valence-corrected chi connectivity index (χ1v) is 14.8. The molecular weight excluding hydrogens is 536 g/mol. The summed E-state index contributed by atoms with van der Waals surface area (Å²) >= 11 is 0. The quantitative estimate of drug-likeness (QED) is 0.208. The first kappa shape index (κ1) is 25.9. The lowest BCUT2D eigenvalue weighted by molar-refractivity contribution is 1.16. The third-order valence-corrected chi connectivity index (χ3v) is 8.79. The predicted octanol–water partition coefficient (Wildman–Crippen LogP) is 10.2. The second-order valence-electron chi connectivity index (χ2n) is 11.4. The van der Waals surface area contributed by atoms with Crippen LogP contribution in [0.15, 0.2) is 123 Å². The maximum atomic E-state index is 4.74. The number of fused-ring (bicyclic) bond motifs is 6. The van der Waals surface area contributed by atoms with Crippen molar-refractivity contribution in [1.82, 2.24) is 19.1 Å². The minimum atomic E-state index is 1.00. The monoisotopic (exact) mass is 566 g/mol. The zero-order valence-electron chi connectivity index (χ0n) is 24.8. The molecule has 4 aromatic carbocycles. The largest absolute Gasteiger partial charge is 0.308 e. The average molecular weight is 567 g/mol. The van der Waals surface area contributed by atoms with Crippen LogP contribution in [0.4, 0.5) is 0 Å². The minimum absolute atomic E-state index is 1.00. The van der Waals surface area contributed by atoms with E-state index in [-0.39, 0.29) is 0 Å². The molecule has 0 bridgehead atoms. The van der Waals surface area contributed by atoms with Crippen molar-refractivity contribution in [2.45, 2.75) is 13.8 Å². The van der Waals surface area contributed by atoms with Crippen molar-refractivity contribution in [3.05, 3.63) is 145 Å². The number of hydrogen-bond acceptors (Lipinski definition) is 2. The highest BCUT2D eigenvalue weighted by molar-refractivity contribution is 6.08. The standard InChI is InChI=1S/C40H30N4/c1-5-27-11-17-35-33(23-27)39-37(9-7-19-41-39)43(35)29-13-15-31(25(3)21-29)32-16-14-30(22-26(32)4)44-36-18-12-28(6-2)24-34(36)40-38(44)10-8-20-42-40/h5-24H,1-2H2,3-4H3. The fourth-order valence-electron chi connectivity index (χ4n) is 6.69.